The van der Waals surface area contributed by atoms with Crippen LogP contribution in [0.3, 0.4) is 0 Å². The molecule has 0 bridgehead atoms. The van der Waals surface area contributed by atoms with Gasteiger partial charge in [0.15, 0.2) is 0 Å². The topological polar surface area (TPSA) is 50.3 Å². The van der Waals surface area contributed by atoms with Crippen molar-refractivity contribution < 1.29 is 4.74 Å². The van der Waals surface area contributed by atoms with Crippen LogP contribution in [0.15, 0.2) is 12.3 Å². The van der Waals surface area contributed by atoms with Crippen LogP contribution < -0.4 is 15.0 Å². The maximum absolute atomic E-state index is 5.20. The molecule has 1 atom stereocenters. The van der Waals surface area contributed by atoms with Crippen molar-refractivity contribution in [3.8, 4) is 5.88 Å². The zero-order chi connectivity index (χ0) is 13.1. The van der Waals surface area contributed by atoms with Gasteiger partial charge in [-0.1, -0.05) is 6.42 Å². The fourth-order valence-electron chi connectivity index (χ4n) is 2.68. The van der Waals surface area contributed by atoms with Gasteiger partial charge in [0.1, 0.15) is 0 Å². The van der Waals surface area contributed by atoms with Crippen LogP contribution in [0.4, 0.5) is 5.95 Å². The minimum atomic E-state index is 0.573. The quantitative estimate of drug-likeness (QED) is 0.873. The summed E-state index contributed by atoms with van der Waals surface area (Å²) in [5.41, 5.74) is 0. The van der Waals surface area contributed by atoms with E-state index in [2.05, 4.69) is 20.2 Å². The third-order valence-electron chi connectivity index (χ3n) is 3.90. The molecule has 1 N–H and O–H groups in total. The summed E-state index contributed by atoms with van der Waals surface area (Å²) in [5, 5.41) is 3.60. The summed E-state index contributed by atoms with van der Waals surface area (Å²) in [6.07, 6.45) is 8.18. The van der Waals surface area contributed by atoms with Crippen LogP contribution in [0, 0.1) is 0 Å². The van der Waals surface area contributed by atoms with Gasteiger partial charge < -0.3 is 15.0 Å². The average Bonchev–Trinajstić information content (AvgIpc) is 3.30. The van der Waals surface area contributed by atoms with E-state index in [4.69, 9.17) is 4.74 Å². The first-order valence-electron chi connectivity index (χ1n) is 7.24. The number of rotatable bonds is 5. The van der Waals surface area contributed by atoms with Crippen LogP contribution in [0.25, 0.3) is 0 Å². The van der Waals surface area contributed by atoms with Gasteiger partial charge in [-0.25, -0.2) is 4.98 Å². The Balaban J connectivity index is 1.72. The first-order chi connectivity index (χ1) is 9.36. The molecular formula is C14H22N4O. The van der Waals surface area contributed by atoms with Gasteiger partial charge in [0.2, 0.25) is 11.8 Å². The van der Waals surface area contributed by atoms with Crippen LogP contribution in [-0.4, -0.2) is 42.3 Å². The van der Waals surface area contributed by atoms with Crippen LogP contribution in [0.5, 0.6) is 5.88 Å². The van der Waals surface area contributed by atoms with Crippen molar-refractivity contribution in [1.82, 2.24) is 15.3 Å². The fourth-order valence-corrected chi connectivity index (χ4v) is 2.68. The Labute approximate surface area is 114 Å². The molecule has 1 aliphatic heterocycles. The summed E-state index contributed by atoms with van der Waals surface area (Å²) in [6, 6.07) is 2.99. The zero-order valence-corrected chi connectivity index (χ0v) is 11.5. The predicted octanol–water partition coefficient (Wildman–Crippen LogP) is 1.60. The molecule has 19 heavy (non-hydrogen) atoms. The first kappa shape index (κ1) is 12.7. The molecule has 1 aromatic heterocycles. The van der Waals surface area contributed by atoms with E-state index in [0.717, 1.165) is 19.0 Å². The lowest BCUT2D eigenvalue weighted by Crippen LogP contribution is -2.45. The van der Waals surface area contributed by atoms with E-state index in [-0.39, 0.29) is 0 Å². The fraction of sp³-hybridized carbons (Fsp3) is 0.714. The highest BCUT2D eigenvalue weighted by Gasteiger charge is 2.32. The third kappa shape index (κ3) is 3.15. The molecule has 2 aliphatic rings. The molecule has 0 spiro atoms. The Kier molecular flexibility index (Phi) is 3.82. The first-order valence-corrected chi connectivity index (χ1v) is 7.24. The molecule has 104 valence electrons. The molecule has 2 fully saturated rings. The Morgan fingerprint density at radius 2 is 2.26 bits per heavy atom. The Morgan fingerprint density at radius 1 is 1.37 bits per heavy atom. The highest BCUT2D eigenvalue weighted by molar-refractivity contribution is 5.36. The van der Waals surface area contributed by atoms with Crippen molar-refractivity contribution in [2.24, 2.45) is 0 Å². The van der Waals surface area contributed by atoms with Crippen LogP contribution in [0.1, 0.15) is 32.1 Å². The lowest BCUT2D eigenvalue weighted by Gasteiger charge is -2.30. The number of anilines is 1. The minimum absolute atomic E-state index is 0.573. The standard InChI is InChI=1S/C14H22N4O/c1-19-13-7-9-16-14(17-13)18(12-5-6-12)10-11-4-2-3-8-15-11/h7,9,11-12,15H,2-6,8,10H2,1H3. The molecule has 1 aromatic rings. The zero-order valence-electron chi connectivity index (χ0n) is 11.5. The van der Waals surface area contributed by atoms with Gasteiger partial charge >= 0.3 is 0 Å². The molecule has 2 heterocycles. The maximum Gasteiger partial charge on any atom is 0.228 e. The molecule has 0 aromatic carbocycles. The van der Waals surface area contributed by atoms with Crippen molar-refractivity contribution >= 4 is 5.95 Å². The van der Waals surface area contributed by atoms with Gasteiger partial charge in [0.25, 0.3) is 0 Å². The predicted molar refractivity (Wildman–Crippen MR) is 74.6 cm³/mol. The van der Waals surface area contributed by atoms with Crippen LogP contribution >= 0.6 is 0 Å². The van der Waals surface area contributed by atoms with E-state index in [1.807, 2.05) is 0 Å². The number of hydrogen-bond acceptors (Lipinski definition) is 5. The Morgan fingerprint density at radius 3 is 2.95 bits per heavy atom. The average molecular weight is 262 g/mol. The lowest BCUT2D eigenvalue weighted by molar-refractivity contribution is 0.389. The minimum Gasteiger partial charge on any atom is -0.481 e. The smallest absolute Gasteiger partial charge is 0.228 e. The highest BCUT2D eigenvalue weighted by atomic mass is 16.5. The van der Waals surface area contributed by atoms with E-state index in [0.29, 0.717) is 18.0 Å². The van der Waals surface area contributed by atoms with Crippen molar-refractivity contribution in [2.45, 2.75) is 44.2 Å². The summed E-state index contributed by atoms with van der Waals surface area (Å²) in [4.78, 5) is 11.3. The van der Waals surface area contributed by atoms with Crippen LogP contribution in [-0.2, 0) is 0 Å². The molecule has 0 radical (unpaired) electrons. The summed E-state index contributed by atoms with van der Waals surface area (Å²) in [6.45, 7) is 2.15. The monoisotopic (exact) mass is 262 g/mol. The van der Waals surface area contributed by atoms with Gasteiger partial charge in [0.05, 0.1) is 7.11 Å². The molecule has 1 saturated heterocycles. The van der Waals surface area contributed by atoms with Crippen molar-refractivity contribution in [1.29, 1.82) is 0 Å². The van der Waals surface area contributed by atoms with E-state index in [1.54, 1.807) is 19.4 Å². The number of nitrogens with one attached hydrogen (secondary N) is 1. The van der Waals surface area contributed by atoms with Crippen LogP contribution in [0.2, 0.25) is 0 Å². The number of aromatic nitrogens is 2. The normalized spacial score (nSPS) is 23.1. The Hall–Kier alpha value is -1.36. The van der Waals surface area contributed by atoms with Crippen molar-refractivity contribution in [3.05, 3.63) is 12.3 Å². The molecular weight excluding hydrogens is 240 g/mol. The number of piperidine rings is 1. The molecule has 5 nitrogen and oxygen atoms in total. The maximum atomic E-state index is 5.20. The summed E-state index contributed by atoms with van der Waals surface area (Å²) >= 11 is 0. The SMILES string of the molecule is COc1ccnc(N(CC2CCCCN2)C2CC2)n1. The van der Waals surface area contributed by atoms with Gasteiger partial charge in [0, 0.05) is 30.9 Å². The number of hydrogen-bond donors (Lipinski definition) is 1. The number of methoxy groups -OCH3 is 1. The van der Waals surface area contributed by atoms with Gasteiger partial charge in [-0.05, 0) is 32.2 Å². The summed E-state index contributed by atoms with van der Waals surface area (Å²) < 4.78 is 5.20. The molecule has 1 unspecified atom stereocenters. The lowest BCUT2D eigenvalue weighted by atomic mass is 10.0. The molecule has 0 amide bonds. The van der Waals surface area contributed by atoms with Crippen molar-refractivity contribution in [2.75, 3.05) is 25.1 Å². The van der Waals surface area contributed by atoms with Gasteiger partial charge in [-0.3, -0.25) is 0 Å². The molecule has 5 heteroatoms. The number of ether oxygens (including phenoxy) is 1. The van der Waals surface area contributed by atoms with E-state index >= 15 is 0 Å². The van der Waals surface area contributed by atoms with E-state index in [1.165, 1.54) is 32.1 Å². The third-order valence-corrected chi connectivity index (χ3v) is 3.90. The highest BCUT2D eigenvalue weighted by Crippen LogP contribution is 2.30. The van der Waals surface area contributed by atoms with Crippen molar-refractivity contribution in [3.63, 3.8) is 0 Å². The van der Waals surface area contributed by atoms with E-state index in [9.17, 15) is 0 Å². The second-order valence-corrected chi connectivity index (χ2v) is 5.43. The van der Waals surface area contributed by atoms with E-state index < -0.39 is 0 Å². The summed E-state index contributed by atoms with van der Waals surface area (Å²) in [7, 11) is 1.65. The number of nitrogens with zero attached hydrogens (tertiary/aromatic N) is 3. The summed E-state index contributed by atoms with van der Waals surface area (Å²) in [5.74, 6) is 1.46. The van der Waals surface area contributed by atoms with Gasteiger partial charge in [-0.15, -0.1) is 0 Å². The molecule has 1 saturated carbocycles. The molecule has 3 rings (SSSR count). The Bertz CT molecular complexity index is 416. The largest absolute Gasteiger partial charge is 0.481 e. The molecule has 1 aliphatic carbocycles. The second-order valence-electron chi connectivity index (χ2n) is 5.43. The second kappa shape index (κ2) is 5.74. The van der Waals surface area contributed by atoms with Gasteiger partial charge in [-0.2, -0.15) is 4.98 Å².